The van der Waals surface area contributed by atoms with Gasteiger partial charge in [0.05, 0.1) is 6.54 Å². The maximum absolute atomic E-state index is 12.0. The van der Waals surface area contributed by atoms with Crippen LogP contribution < -0.4 is 5.73 Å². The number of nitrogens with two attached hydrogens (primary N) is 1. The van der Waals surface area contributed by atoms with Crippen molar-refractivity contribution in [2.24, 2.45) is 11.7 Å². The van der Waals surface area contributed by atoms with E-state index in [-0.39, 0.29) is 11.4 Å². The van der Waals surface area contributed by atoms with Crippen LogP contribution in [-0.4, -0.2) is 55.0 Å². The summed E-state index contributed by atoms with van der Waals surface area (Å²) in [5.74, 6) is 0.898. The van der Waals surface area contributed by atoms with Crippen LogP contribution in [0.5, 0.6) is 0 Å². The van der Waals surface area contributed by atoms with Gasteiger partial charge in [-0.05, 0) is 32.7 Å². The molecule has 2 unspecified atom stereocenters. The molecule has 4 heteroatoms. The van der Waals surface area contributed by atoms with E-state index in [2.05, 4.69) is 11.8 Å². The molecule has 1 aliphatic rings. The van der Waals surface area contributed by atoms with Crippen molar-refractivity contribution < 1.29 is 4.79 Å². The van der Waals surface area contributed by atoms with E-state index in [1.165, 1.54) is 12.8 Å². The molecule has 1 fully saturated rings. The summed E-state index contributed by atoms with van der Waals surface area (Å²) in [6, 6.07) is 0. The van der Waals surface area contributed by atoms with Crippen LogP contribution in [-0.2, 0) is 4.79 Å². The van der Waals surface area contributed by atoms with Gasteiger partial charge in [0, 0.05) is 25.7 Å². The molecule has 1 rings (SSSR count). The highest BCUT2D eigenvalue weighted by atomic mass is 16.2. The third kappa shape index (κ3) is 3.45. The van der Waals surface area contributed by atoms with Crippen molar-refractivity contribution in [1.82, 2.24) is 9.80 Å². The maximum atomic E-state index is 12.0. The van der Waals surface area contributed by atoms with Gasteiger partial charge >= 0.3 is 0 Å². The average Bonchev–Trinajstić information content (AvgIpc) is 2.37. The van der Waals surface area contributed by atoms with E-state index in [0.717, 1.165) is 19.4 Å². The summed E-state index contributed by atoms with van der Waals surface area (Å²) in [5, 5.41) is 0. The van der Waals surface area contributed by atoms with E-state index >= 15 is 0 Å². The molecule has 0 bridgehead atoms. The van der Waals surface area contributed by atoms with Gasteiger partial charge in [-0.3, -0.25) is 9.69 Å². The Morgan fingerprint density at radius 2 is 2.11 bits per heavy atom. The minimum atomic E-state index is 0.0297. The van der Waals surface area contributed by atoms with Gasteiger partial charge in [-0.15, -0.1) is 0 Å². The molecule has 1 aliphatic carbocycles. The normalized spacial score (nSPS) is 28.4. The molecule has 1 amide bonds. The fraction of sp³-hybridized carbons (Fsp3) is 0.929. The predicted molar refractivity (Wildman–Crippen MR) is 75.4 cm³/mol. The van der Waals surface area contributed by atoms with E-state index in [4.69, 9.17) is 5.73 Å². The Hall–Kier alpha value is -0.610. The zero-order valence-electron chi connectivity index (χ0n) is 12.4. The molecule has 0 aromatic heterocycles. The lowest BCUT2D eigenvalue weighted by Crippen LogP contribution is -2.56. The zero-order chi connectivity index (χ0) is 13.8. The lowest BCUT2D eigenvalue weighted by atomic mass is 9.75. The monoisotopic (exact) mass is 255 g/mol. The number of nitrogens with zero attached hydrogens (tertiary/aromatic N) is 2. The first-order valence-corrected chi connectivity index (χ1v) is 7.10. The Morgan fingerprint density at radius 1 is 1.44 bits per heavy atom. The second kappa shape index (κ2) is 6.53. The average molecular weight is 255 g/mol. The first-order chi connectivity index (χ1) is 8.45. The molecule has 0 saturated heterocycles. The Labute approximate surface area is 111 Å². The molecule has 0 spiro atoms. The van der Waals surface area contributed by atoms with Gasteiger partial charge < -0.3 is 10.6 Å². The Bertz CT molecular complexity index is 282. The highest BCUT2D eigenvalue weighted by Crippen LogP contribution is 2.35. The van der Waals surface area contributed by atoms with Gasteiger partial charge in [0.2, 0.25) is 5.91 Å². The van der Waals surface area contributed by atoms with Gasteiger partial charge in [-0.25, -0.2) is 0 Å². The van der Waals surface area contributed by atoms with Crippen molar-refractivity contribution in [1.29, 1.82) is 0 Å². The molecule has 0 radical (unpaired) electrons. The summed E-state index contributed by atoms with van der Waals surface area (Å²) in [5.41, 5.74) is 6.05. The third-order valence-electron chi connectivity index (χ3n) is 4.53. The van der Waals surface area contributed by atoms with Gasteiger partial charge in [0.15, 0.2) is 0 Å². The van der Waals surface area contributed by atoms with Crippen LogP contribution in [0.25, 0.3) is 0 Å². The second-order valence-electron chi connectivity index (χ2n) is 5.89. The molecule has 4 nitrogen and oxygen atoms in total. The van der Waals surface area contributed by atoms with Crippen molar-refractivity contribution in [2.45, 2.75) is 45.1 Å². The summed E-state index contributed by atoms with van der Waals surface area (Å²) in [7, 11) is 3.90. The lowest BCUT2D eigenvalue weighted by molar-refractivity contribution is -0.132. The number of carbonyl (C=O) groups excluding carboxylic acids is 1. The zero-order valence-corrected chi connectivity index (χ0v) is 12.4. The summed E-state index contributed by atoms with van der Waals surface area (Å²) < 4.78 is 0. The van der Waals surface area contributed by atoms with Crippen molar-refractivity contribution in [3.05, 3.63) is 0 Å². The SMILES string of the molecule is CCN(C)C(=O)CN(C)C1(CN)CCCC(C)C1. The molecule has 0 heterocycles. The van der Waals surface area contributed by atoms with Gasteiger partial charge in [-0.2, -0.15) is 0 Å². The fourth-order valence-corrected chi connectivity index (χ4v) is 2.99. The topological polar surface area (TPSA) is 49.6 Å². The first kappa shape index (κ1) is 15.4. The minimum Gasteiger partial charge on any atom is -0.345 e. The second-order valence-corrected chi connectivity index (χ2v) is 5.89. The van der Waals surface area contributed by atoms with Crippen LogP contribution in [0.2, 0.25) is 0 Å². The Morgan fingerprint density at radius 3 is 2.61 bits per heavy atom. The summed E-state index contributed by atoms with van der Waals surface area (Å²) in [4.78, 5) is 16.0. The van der Waals surface area contributed by atoms with Gasteiger partial charge in [-0.1, -0.05) is 19.8 Å². The quantitative estimate of drug-likeness (QED) is 0.805. The standard InChI is InChI=1S/C14H29N3O/c1-5-16(3)13(18)10-17(4)14(11-15)8-6-7-12(2)9-14/h12H,5-11,15H2,1-4H3. The van der Waals surface area contributed by atoms with Gasteiger partial charge in [0.25, 0.3) is 0 Å². The molecule has 2 N–H and O–H groups in total. The van der Waals surface area contributed by atoms with Crippen molar-refractivity contribution in [3.8, 4) is 0 Å². The fourth-order valence-electron chi connectivity index (χ4n) is 2.99. The highest BCUT2D eigenvalue weighted by molar-refractivity contribution is 5.78. The largest absolute Gasteiger partial charge is 0.345 e. The van der Waals surface area contributed by atoms with E-state index in [9.17, 15) is 4.79 Å². The van der Waals surface area contributed by atoms with Crippen LogP contribution in [0, 0.1) is 5.92 Å². The molecule has 18 heavy (non-hydrogen) atoms. The number of amides is 1. The number of rotatable bonds is 5. The minimum absolute atomic E-state index is 0.0297. The van der Waals surface area contributed by atoms with Crippen LogP contribution in [0.3, 0.4) is 0 Å². The summed E-state index contributed by atoms with van der Waals surface area (Å²) in [6.07, 6.45) is 4.75. The smallest absolute Gasteiger partial charge is 0.236 e. The van der Waals surface area contributed by atoms with E-state index < -0.39 is 0 Å². The molecule has 0 aliphatic heterocycles. The Kier molecular flexibility index (Phi) is 5.60. The number of hydrogen-bond donors (Lipinski definition) is 1. The molecule has 1 saturated carbocycles. The van der Waals surface area contributed by atoms with E-state index in [1.807, 2.05) is 21.0 Å². The van der Waals surface area contributed by atoms with Crippen molar-refractivity contribution in [2.75, 3.05) is 33.7 Å². The highest BCUT2D eigenvalue weighted by Gasteiger charge is 2.38. The molecule has 2 atom stereocenters. The van der Waals surface area contributed by atoms with E-state index in [0.29, 0.717) is 19.0 Å². The molecular weight excluding hydrogens is 226 g/mol. The van der Waals surface area contributed by atoms with Crippen LogP contribution >= 0.6 is 0 Å². The Balaban J connectivity index is 2.67. The van der Waals surface area contributed by atoms with Crippen molar-refractivity contribution in [3.63, 3.8) is 0 Å². The number of hydrogen-bond acceptors (Lipinski definition) is 3. The van der Waals surface area contributed by atoms with Crippen LogP contribution in [0.15, 0.2) is 0 Å². The van der Waals surface area contributed by atoms with E-state index in [1.54, 1.807) is 4.90 Å². The van der Waals surface area contributed by atoms with Crippen LogP contribution in [0.1, 0.15) is 39.5 Å². The van der Waals surface area contributed by atoms with Crippen molar-refractivity contribution >= 4 is 5.91 Å². The lowest BCUT2D eigenvalue weighted by Gasteiger charge is -2.46. The molecule has 106 valence electrons. The van der Waals surface area contributed by atoms with Crippen LogP contribution in [0.4, 0.5) is 0 Å². The molecule has 0 aromatic carbocycles. The summed E-state index contributed by atoms with van der Waals surface area (Å²) in [6.45, 7) is 6.18. The third-order valence-corrected chi connectivity index (χ3v) is 4.53. The first-order valence-electron chi connectivity index (χ1n) is 7.10. The predicted octanol–water partition coefficient (Wildman–Crippen LogP) is 1.30. The molecule has 0 aromatic rings. The maximum Gasteiger partial charge on any atom is 0.236 e. The molecular formula is C14H29N3O. The summed E-state index contributed by atoms with van der Waals surface area (Å²) >= 11 is 0. The number of carbonyl (C=O) groups is 1. The number of likely N-dealkylation sites (N-methyl/N-ethyl adjacent to an activating group) is 2. The van der Waals surface area contributed by atoms with Gasteiger partial charge in [0.1, 0.15) is 0 Å².